The molecule has 1 atom stereocenters. The standard InChI is InChI=1S/C21H25NO5S/c1-25-17-8-6-16(7-9-17)19-5-3-2-4-12-22(19)28(23,24)18-10-11-20-21(15-18)27-14-13-26-20/h6-11,15,19H,2-5,12-14H2,1H3/t19-/m1/s1. The summed E-state index contributed by atoms with van der Waals surface area (Å²) in [6.07, 6.45) is 3.69. The summed E-state index contributed by atoms with van der Waals surface area (Å²) in [5.41, 5.74) is 0.990. The molecule has 0 unspecified atom stereocenters. The van der Waals surface area contributed by atoms with Crippen LogP contribution in [0.4, 0.5) is 0 Å². The van der Waals surface area contributed by atoms with E-state index in [1.807, 2.05) is 24.3 Å². The lowest BCUT2D eigenvalue weighted by molar-refractivity contribution is 0.171. The predicted octanol–water partition coefficient (Wildman–Crippen LogP) is 3.77. The van der Waals surface area contributed by atoms with Crippen molar-refractivity contribution in [1.82, 2.24) is 4.31 Å². The van der Waals surface area contributed by atoms with Gasteiger partial charge in [-0.1, -0.05) is 25.0 Å². The quantitative estimate of drug-likeness (QED) is 0.777. The molecule has 4 rings (SSSR count). The molecule has 0 spiro atoms. The molecule has 0 radical (unpaired) electrons. The maximum atomic E-state index is 13.5. The van der Waals surface area contributed by atoms with Crippen LogP contribution in [0, 0.1) is 0 Å². The van der Waals surface area contributed by atoms with Crippen molar-refractivity contribution < 1.29 is 22.6 Å². The lowest BCUT2D eigenvalue weighted by Gasteiger charge is -2.30. The Balaban J connectivity index is 1.70. The molecule has 1 saturated heterocycles. The monoisotopic (exact) mass is 403 g/mol. The molecule has 7 heteroatoms. The third kappa shape index (κ3) is 3.69. The van der Waals surface area contributed by atoms with Gasteiger partial charge >= 0.3 is 0 Å². The van der Waals surface area contributed by atoms with Gasteiger partial charge in [0.1, 0.15) is 19.0 Å². The SMILES string of the molecule is COc1ccc([C@H]2CCCCCN2S(=O)(=O)c2ccc3c(c2)OCCO3)cc1. The first-order valence-electron chi connectivity index (χ1n) is 9.65. The van der Waals surface area contributed by atoms with Gasteiger partial charge in [0.05, 0.1) is 18.0 Å². The van der Waals surface area contributed by atoms with Crippen molar-refractivity contribution >= 4 is 10.0 Å². The van der Waals surface area contributed by atoms with Gasteiger partial charge in [0.15, 0.2) is 11.5 Å². The van der Waals surface area contributed by atoms with Gasteiger partial charge in [0, 0.05) is 12.6 Å². The fourth-order valence-electron chi connectivity index (χ4n) is 3.85. The number of nitrogens with zero attached hydrogens (tertiary/aromatic N) is 1. The molecule has 2 heterocycles. The number of hydrogen-bond donors (Lipinski definition) is 0. The molecule has 0 saturated carbocycles. The van der Waals surface area contributed by atoms with Crippen molar-refractivity contribution in [2.75, 3.05) is 26.9 Å². The molecule has 2 aromatic carbocycles. The fourth-order valence-corrected chi connectivity index (χ4v) is 5.55. The Morgan fingerprint density at radius 2 is 1.71 bits per heavy atom. The Morgan fingerprint density at radius 1 is 0.964 bits per heavy atom. The molecular weight excluding hydrogens is 378 g/mol. The number of rotatable bonds is 4. The molecule has 2 aliphatic heterocycles. The molecule has 2 aliphatic rings. The zero-order valence-electron chi connectivity index (χ0n) is 16.0. The van der Waals surface area contributed by atoms with Crippen molar-refractivity contribution in [3.05, 3.63) is 48.0 Å². The molecule has 6 nitrogen and oxygen atoms in total. The van der Waals surface area contributed by atoms with E-state index in [0.29, 0.717) is 31.3 Å². The van der Waals surface area contributed by atoms with E-state index in [1.54, 1.807) is 29.6 Å². The van der Waals surface area contributed by atoms with E-state index in [9.17, 15) is 8.42 Å². The zero-order chi connectivity index (χ0) is 19.6. The van der Waals surface area contributed by atoms with Crippen molar-refractivity contribution in [3.63, 3.8) is 0 Å². The second-order valence-corrected chi connectivity index (χ2v) is 8.95. The van der Waals surface area contributed by atoms with Gasteiger partial charge in [-0.2, -0.15) is 4.31 Å². The number of ether oxygens (including phenoxy) is 3. The van der Waals surface area contributed by atoms with E-state index in [2.05, 4.69) is 0 Å². The summed E-state index contributed by atoms with van der Waals surface area (Å²) < 4.78 is 45.1. The summed E-state index contributed by atoms with van der Waals surface area (Å²) in [4.78, 5) is 0.247. The summed E-state index contributed by atoms with van der Waals surface area (Å²) in [7, 11) is -2.04. The summed E-state index contributed by atoms with van der Waals surface area (Å²) in [5.74, 6) is 1.84. The Kier molecular flexibility index (Phi) is 5.46. The third-order valence-corrected chi connectivity index (χ3v) is 7.23. The van der Waals surface area contributed by atoms with E-state index >= 15 is 0 Å². The van der Waals surface area contributed by atoms with Crippen LogP contribution in [0.15, 0.2) is 47.4 Å². The smallest absolute Gasteiger partial charge is 0.243 e. The highest BCUT2D eigenvalue weighted by Crippen LogP contribution is 2.38. The molecule has 0 N–H and O–H groups in total. The van der Waals surface area contributed by atoms with Gasteiger partial charge in [-0.25, -0.2) is 8.42 Å². The maximum Gasteiger partial charge on any atom is 0.243 e. The van der Waals surface area contributed by atoms with Crippen LogP contribution in [0.3, 0.4) is 0 Å². The first-order chi connectivity index (χ1) is 13.6. The van der Waals surface area contributed by atoms with Gasteiger partial charge in [0.2, 0.25) is 10.0 Å². The van der Waals surface area contributed by atoms with E-state index in [1.165, 1.54) is 0 Å². The van der Waals surface area contributed by atoms with Crippen LogP contribution in [0.2, 0.25) is 0 Å². The fraction of sp³-hybridized carbons (Fsp3) is 0.429. The normalized spacial score (nSPS) is 20.4. The van der Waals surface area contributed by atoms with E-state index in [-0.39, 0.29) is 10.9 Å². The van der Waals surface area contributed by atoms with Crippen molar-refractivity contribution in [1.29, 1.82) is 0 Å². The van der Waals surface area contributed by atoms with Crippen molar-refractivity contribution in [2.45, 2.75) is 36.6 Å². The molecule has 28 heavy (non-hydrogen) atoms. The van der Waals surface area contributed by atoms with E-state index < -0.39 is 10.0 Å². The first kappa shape index (κ1) is 19.1. The lowest BCUT2D eigenvalue weighted by Crippen LogP contribution is -2.35. The Morgan fingerprint density at radius 3 is 2.46 bits per heavy atom. The summed E-state index contributed by atoms with van der Waals surface area (Å²) in [6.45, 7) is 1.41. The topological polar surface area (TPSA) is 65.1 Å². The Labute approximate surface area is 166 Å². The minimum absolute atomic E-state index is 0.188. The highest BCUT2D eigenvalue weighted by atomic mass is 32.2. The summed E-state index contributed by atoms with van der Waals surface area (Å²) >= 11 is 0. The molecule has 1 fully saturated rings. The van der Waals surface area contributed by atoms with E-state index in [4.69, 9.17) is 14.2 Å². The number of hydrogen-bond acceptors (Lipinski definition) is 5. The molecule has 0 bridgehead atoms. The Hall–Kier alpha value is -2.25. The third-order valence-electron chi connectivity index (χ3n) is 5.32. The van der Waals surface area contributed by atoms with Gasteiger partial charge < -0.3 is 14.2 Å². The molecule has 0 aromatic heterocycles. The molecule has 150 valence electrons. The largest absolute Gasteiger partial charge is 0.497 e. The number of methoxy groups -OCH3 is 1. The first-order valence-corrected chi connectivity index (χ1v) is 11.1. The average Bonchev–Trinajstić information content (AvgIpc) is 3.00. The minimum Gasteiger partial charge on any atom is -0.497 e. The van der Waals surface area contributed by atoms with Gasteiger partial charge in [-0.05, 0) is 42.7 Å². The average molecular weight is 404 g/mol. The maximum absolute atomic E-state index is 13.5. The van der Waals surface area contributed by atoms with Crippen LogP contribution < -0.4 is 14.2 Å². The summed E-state index contributed by atoms with van der Waals surface area (Å²) in [6, 6.07) is 12.4. The number of fused-ring (bicyclic) bond motifs is 1. The number of sulfonamides is 1. The van der Waals surface area contributed by atoms with Gasteiger partial charge in [-0.3, -0.25) is 0 Å². The van der Waals surface area contributed by atoms with Crippen LogP contribution in [0.1, 0.15) is 37.3 Å². The second-order valence-electron chi connectivity index (χ2n) is 7.06. The van der Waals surface area contributed by atoms with Crippen LogP contribution >= 0.6 is 0 Å². The summed E-state index contributed by atoms with van der Waals surface area (Å²) in [5, 5.41) is 0. The minimum atomic E-state index is -3.67. The van der Waals surface area contributed by atoms with Crippen molar-refractivity contribution in [3.8, 4) is 17.2 Å². The molecule has 2 aromatic rings. The van der Waals surface area contributed by atoms with Crippen LogP contribution in [0.25, 0.3) is 0 Å². The molecule has 0 aliphatic carbocycles. The second kappa shape index (κ2) is 8.01. The Bertz CT molecular complexity index is 926. The molecule has 0 amide bonds. The van der Waals surface area contributed by atoms with Crippen LogP contribution in [0.5, 0.6) is 17.2 Å². The molecular formula is C21H25NO5S. The highest BCUT2D eigenvalue weighted by molar-refractivity contribution is 7.89. The van der Waals surface area contributed by atoms with E-state index in [0.717, 1.165) is 37.0 Å². The van der Waals surface area contributed by atoms with Crippen LogP contribution in [-0.4, -0.2) is 39.6 Å². The van der Waals surface area contributed by atoms with Gasteiger partial charge in [0.25, 0.3) is 0 Å². The zero-order valence-corrected chi connectivity index (χ0v) is 16.8. The van der Waals surface area contributed by atoms with Gasteiger partial charge in [-0.15, -0.1) is 0 Å². The van der Waals surface area contributed by atoms with Crippen LogP contribution in [-0.2, 0) is 10.0 Å². The van der Waals surface area contributed by atoms with Crippen molar-refractivity contribution in [2.24, 2.45) is 0 Å². The predicted molar refractivity (Wildman–Crippen MR) is 106 cm³/mol. The lowest BCUT2D eigenvalue weighted by atomic mass is 10.0. The number of benzene rings is 2. The highest BCUT2D eigenvalue weighted by Gasteiger charge is 2.34.